The highest BCUT2D eigenvalue weighted by atomic mass is 19.1. The summed E-state index contributed by atoms with van der Waals surface area (Å²) in [5.41, 5.74) is 1.78. The molecule has 2 aliphatic rings. The van der Waals surface area contributed by atoms with Gasteiger partial charge >= 0.3 is 6.03 Å². The maximum atomic E-state index is 13.9. The lowest BCUT2D eigenvalue weighted by Crippen LogP contribution is -2.47. The zero-order chi connectivity index (χ0) is 21.4. The predicted molar refractivity (Wildman–Crippen MR) is 108 cm³/mol. The van der Waals surface area contributed by atoms with E-state index in [9.17, 15) is 13.6 Å². The molecular weight excluding hydrogens is 392 g/mol. The molecule has 2 amide bonds. The van der Waals surface area contributed by atoms with Gasteiger partial charge in [0.1, 0.15) is 23.3 Å². The van der Waals surface area contributed by atoms with Gasteiger partial charge < -0.3 is 19.9 Å². The minimum absolute atomic E-state index is 0.0524. The molecule has 160 valence electrons. The second kappa shape index (κ2) is 8.14. The normalized spacial score (nSPS) is 21.4. The van der Waals surface area contributed by atoms with Gasteiger partial charge in [-0.3, -0.25) is 0 Å². The molecule has 7 nitrogen and oxygen atoms in total. The molecule has 4 rings (SSSR count). The largest absolute Gasteiger partial charge is 0.372 e. The van der Waals surface area contributed by atoms with Gasteiger partial charge in [-0.05, 0) is 32.9 Å². The van der Waals surface area contributed by atoms with E-state index in [2.05, 4.69) is 20.2 Å². The summed E-state index contributed by atoms with van der Waals surface area (Å²) < 4.78 is 32.9. The summed E-state index contributed by atoms with van der Waals surface area (Å²) >= 11 is 0. The highest BCUT2D eigenvalue weighted by molar-refractivity contribution is 5.89. The van der Waals surface area contributed by atoms with Crippen LogP contribution in [-0.2, 0) is 17.7 Å². The molecule has 2 aliphatic heterocycles. The highest BCUT2D eigenvalue weighted by Crippen LogP contribution is 2.29. The number of urea groups is 1. The van der Waals surface area contributed by atoms with Crippen LogP contribution in [0.25, 0.3) is 0 Å². The Morgan fingerprint density at radius 1 is 1.20 bits per heavy atom. The Bertz CT molecular complexity index is 961. The van der Waals surface area contributed by atoms with Crippen LogP contribution >= 0.6 is 0 Å². The van der Waals surface area contributed by atoms with Crippen LogP contribution in [0.4, 0.5) is 25.1 Å². The summed E-state index contributed by atoms with van der Waals surface area (Å²) in [6.07, 6.45) is 0.730. The van der Waals surface area contributed by atoms with Gasteiger partial charge in [-0.2, -0.15) is 0 Å². The first-order chi connectivity index (χ1) is 14.3. The molecule has 9 heteroatoms. The van der Waals surface area contributed by atoms with Crippen molar-refractivity contribution in [3.05, 3.63) is 46.9 Å². The zero-order valence-corrected chi connectivity index (χ0v) is 17.3. The van der Waals surface area contributed by atoms with E-state index in [0.717, 1.165) is 29.2 Å². The number of hydrogen-bond donors (Lipinski definition) is 1. The lowest BCUT2D eigenvalue weighted by atomic mass is 10.0. The SMILES string of the molecule is Cc1nc2c(c(N3C[C@@H](C)O[C@@H](C)C3)n1)CN(C(=O)Nc1ccc(F)cc1F)CC2. The zero-order valence-electron chi connectivity index (χ0n) is 17.3. The number of aryl methyl sites for hydroxylation is 1. The standard InChI is InChI=1S/C21H25F2N5O2/c1-12-9-28(10-13(2)30-12)20-16-11-27(7-6-18(16)24-14(3)25-20)21(29)26-19-5-4-15(22)8-17(19)23/h4-5,8,12-13H,6-7,9-11H2,1-3H3,(H,26,29)/t12-,13+. The van der Waals surface area contributed by atoms with Crippen molar-refractivity contribution >= 4 is 17.5 Å². The molecule has 3 heterocycles. The average Bonchev–Trinajstić information content (AvgIpc) is 2.68. The van der Waals surface area contributed by atoms with Gasteiger partial charge in [-0.1, -0.05) is 0 Å². The maximum Gasteiger partial charge on any atom is 0.322 e. The number of hydrogen-bond acceptors (Lipinski definition) is 5. The Kier molecular flexibility index (Phi) is 5.55. The molecule has 0 aliphatic carbocycles. The first-order valence-corrected chi connectivity index (χ1v) is 10.1. The number of anilines is 2. The first kappa shape index (κ1) is 20.5. The van der Waals surface area contributed by atoms with Gasteiger partial charge in [0.2, 0.25) is 0 Å². The van der Waals surface area contributed by atoms with Crippen molar-refractivity contribution in [2.75, 3.05) is 29.9 Å². The van der Waals surface area contributed by atoms with Crippen LogP contribution in [-0.4, -0.2) is 52.7 Å². The van der Waals surface area contributed by atoms with Crippen LogP contribution in [0.1, 0.15) is 30.9 Å². The van der Waals surface area contributed by atoms with Crippen molar-refractivity contribution in [3.63, 3.8) is 0 Å². The number of halogens is 2. The second-order valence-electron chi connectivity index (χ2n) is 7.91. The molecule has 0 bridgehead atoms. The number of carbonyl (C=O) groups is 1. The Balaban J connectivity index is 1.57. The van der Waals surface area contributed by atoms with Crippen molar-refractivity contribution in [1.82, 2.24) is 14.9 Å². The Hall–Kier alpha value is -2.81. The fraction of sp³-hybridized carbons (Fsp3) is 0.476. The molecule has 1 saturated heterocycles. The third-order valence-electron chi connectivity index (χ3n) is 5.33. The highest BCUT2D eigenvalue weighted by Gasteiger charge is 2.30. The van der Waals surface area contributed by atoms with E-state index in [1.807, 2.05) is 20.8 Å². The number of benzene rings is 1. The molecule has 0 saturated carbocycles. The summed E-state index contributed by atoms with van der Waals surface area (Å²) in [4.78, 5) is 25.8. The molecule has 0 unspecified atom stereocenters. The molecular formula is C21H25F2N5O2. The van der Waals surface area contributed by atoms with Gasteiger partial charge in [0.05, 0.1) is 30.1 Å². The lowest BCUT2D eigenvalue weighted by Gasteiger charge is -2.38. The summed E-state index contributed by atoms with van der Waals surface area (Å²) in [5.74, 6) is 0.0204. The smallest absolute Gasteiger partial charge is 0.322 e. The van der Waals surface area contributed by atoms with Crippen LogP contribution in [0.15, 0.2) is 18.2 Å². The van der Waals surface area contributed by atoms with E-state index >= 15 is 0 Å². The van der Waals surface area contributed by atoms with Crippen molar-refractivity contribution in [1.29, 1.82) is 0 Å². The molecule has 1 aromatic heterocycles. The second-order valence-corrected chi connectivity index (χ2v) is 7.91. The number of amides is 2. The minimum atomic E-state index is -0.809. The number of rotatable bonds is 2. The molecule has 0 radical (unpaired) electrons. The number of nitrogens with one attached hydrogen (secondary N) is 1. The van der Waals surface area contributed by atoms with Gasteiger partial charge in [0.15, 0.2) is 0 Å². The van der Waals surface area contributed by atoms with Crippen LogP contribution in [0.2, 0.25) is 0 Å². The summed E-state index contributed by atoms with van der Waals surface area (Å²) in [7, 11) is 0. The molecule has 2 aromatic rings. The van der Waals surface area contributed by atoms with E-state index in [1.54, 1.807) is 4.90 Å². The molecule has 2 atom stereocenters. The van der Waals surface area contributed by atoms with Gasteiger partial charge in [-0.25, -0.2) is 23.5 Å². The number of morpholine rings is 1. The lowest BCUT2D eigenvalue weighted by molar-refractivity contribution is -0.00558. The van der Waals surface area contributed by atoms with Crippen molar-refractivity contribution in [2.24, 2.45) is 0 Å². The van der Waals surface area contributed by atoms with E-state index in [0.29, 0.717) is 38.4 Å². The fourth-order valence-corrected chi connectivity index (χ4v) is 4.09. The van der Waals surface area contributed by atoms with Crippen molar-refractivity contribution in [3.8, 4) is 0 Å². The summed E-state index contributed by atoms with van der Waals surface area (Å²) in [5, 5.41) is 2.53. The Morgan fingerprint density at radius 2 is 1.93 bits per heavy atom. The van der Waals surface area contributed by atoms with Crippen molar-refractivity contribution < 1.29 is 18.3 Å². The third-order valence-corrected chi connectivity index (χ3v) is 5.33. The van der Waals surface area contributed by atoms with E-state index in [-0.39, 0.29) is 17.9 Å². The van der Waals surface area contributed by atoms with Crippen LogP contribution in [0.3, 0.4) is 0 Å². The number of nitrogens with zero attached hydrogens (tertiary/aromatic N) is 4. The van der Waals surface area contributed by atoms with Gasteiger partial charge in [-0.15, -0.1) is 0 Å². The molecule has 1 N–H and O–H groups in total. The Morgan fingerprint density at radius 3 is 2.63 bits per heavy atom. The average molecular weight is 417 g/mol. The Labute approximate surface area is 174 Å². The number of fused-ring (bicyclic) bond motifs is 1. The van der Waals surface area contributed by atoms with Crippen molar-refractivity contribution in [2.45, 2.75) is 45.9 Å². The predicted octanol–water partition coefficient (Wildman–Crippen LogP) is 3.27. The van der Waals surface area contributed by atoms with E-state index in [4.69, 9.17) is 4.74 Å². The topological polar surface area (TPSA) is 70.6 Å². The van der Waals surface area contributed by atoms with Gasteiger partial charge in [0.25, 0.3) is 0 Å². The molecule has 1 fully saturated rings. The van der Waals surface area contributed by atoms with Gasteiger partial charge in [0, 0.05) is 37.7 Å². The monoisotopic (exact) mass is 417 g/mol. The molecule has 1 aromatic carbocycles. The third kappa shape index (κ3) is 4.21. The quantitative estimate of drug-likeness (QED) is 0.812. The maximum absolute atomic E-state index is 13.9. The molecule has 30 heavy (non-hydrogen) atoms. The summed E-state index contributed by atoms with van der Waals surface area (Å²) in [6.45, 7) is 8.11. The number of aromatic nitrogens is 2. The molecule has 0 spiro atoms. The van der Waals surface area contributed by atoms with Crippen LogP contribution in [0.5, 0.6) is 0 Å². The first-order valence-electron chi connectivity index (χ1n) is 10.1. The number of ether oxygens (including phenoxy) is 1. The fourth-order valence-electron chi connectivity index (χ4n) is 4.09. The summed E-state index contributed by atoms with van der Waals surface area (Å²) in [6, 6.07) is 2.63. The van der Waals surface area contributed by atoms with Crippen LogP contribution in [0, 0.1) is 18.6 Å². The van der Waals surface area contributed by atoms with E-state index < -0.39 is 17.7 Å². The minimum Gasteiger partial charge on any atom is -0.372 e. The van der Waals surface area contributed by atoms with Crippen LogP contribution < -0.4 is 10.2 Å². The number of carbonyl (C=O) groups excluding carboxylic acids is 1. The van der Waals surface area contributed by atoms with E-state index in [1.165, 1.54) is 6.07 Å².